The summed E-state index contributed by atoms with van der Waals surface area (Å²) in [5.41, 5.74) is 4.76. The first kappa shape index (κ1) is 10.2. The number of ketones is 1. The van der Waals surface area contributed by atoms with Gasteiger partial charge in [-0.25, -0.2) is 8.42 Å². The van der Waals surface area contributed by atoms with Crippen molar-refractivity contribution >= 4 is 21.5 Å². The number of carbonyl (C=O) groups excluding carboxylic acids is 2. The lowest BCUT2D eigenvalue weighted by molar-refractivity contribution is -0.117. The molecular formula is C7H11NO4S. The molecule has 0 aromatic rings. The summed E-state index contributed by atoms with van der Waals surface area (Å²) in [5.74, 6) is -1.91. The Balaban J connectivity index is 2.80. The van der Waals surface area contributed by atoms with Crippen molar-refractivity contribution in [2.45, 2.75) is 24.5 Å². The fourth-order valence-electron chi connectivity index (χ4n) is 1.46. The minimum Gasteiger partial charge on any atom is -0.369 e. The smallest absolute Gasteiger partial charge is 0.232 e. The van der Waals surface area contributed by atoms with Crippen molar-refractivity contribution in [3.05, 3.63) is 0 Å². The molecule has 6 heteroatoms. The number of nitrogens with two attached hydrogens (primary N) is 1. The van der Waals surface area contributed by atoms with Crippen LogP contribution >= 0.6 is 0 Å². The topological polar surface area (TPSA) is 94.3 Å². The highest BCUT2D eigenvalue weighted by Gasteiger charge is 2.36. The molecule has 1 unspecified atom stereocenters. The third-order valence-electron chi connectivity index (χ3n) is 2.03. The molecule has 1 saturated carbocycles. The Morgan fingerprint density at radius 1 is 1.54 bits per heavy atom. The zero-order chi connectivity index (χ0) is 10.1. The van der Waals surface area contributed by atoms with Gasteiger partial charge in [-0.05, 0) is 12.8 Å². The minimum absolute atomic E-state index is 0.291. The number of rotatable bonds is 3. The predicted molar refractivity (Wildman–Crippen MR) is 45.6 cm³/mol. The summed E-state index contributed by atoms with van der Waals surface area (Å²) in [6.07, 6.45) is 1.21. The first-order chi connectivity index (χ1) is 5.93. The Morgan fingerprint density at radius 3 is 2.54 bits per heavy atom. The number of hydrogen-bond acceptors (Lipinski definition) is 4. The fourth-order valence-corrected chi connectivity index (χ4v) is 3.10. The maximum Gasteiger partial charge on any atom is 0.232 e. The molecule has 0 saturated heterocycles. The second-order valence-electron chi connectivity index (χ2n) is 3.12. The van der Waals surface area contributed by atoms with Gasteiger partial charge in [0.2, 0.25) is 5.91 Å². The van der Waals surface area contributed by atoms with Crippen molar-refractivity contribution in [3.8, 4) is 0 Å². The quantitative estimate of drug-likeness (QED) is 0.640. The van der Waals surface area contributed by atoms with E-state index >= 15 is 0 Å². The number of amides is 1. The standard InChI is InChI=1S/C7H11NO4S/c8-7(10)4-13(11,12)6-3-1-2-5(6)9/h6H,1-4H2,(H2,8,10). The van der Waals surface area contributed by atoms with Crippen LogP contribution in [-0.2, 0) is 19.4 Å². The van der Waals surface area contributed by atoms with Crippen LogP contribution in [0.15, 0.2) is 0 Å². The highest BCUT2D eigenvalue weighted by Crippen LogP contribution is 2.21. The largest absolute Gasteiger partial charge is 0.369 e. The molecule has 5 nitrogen and oxygen atoms in total. The molecule has 1 atom stereocenters. The van der Waals surface area contributed by atoms with E-state index in [2.05, 4.69) is 0 Å². The van der Waals surface area contributed by atoms with Crippen LogP contribution in [-0.4, -0.2) is 31.1 Å². The number of Topliss-reactive ketones (excluding diaryl/α,β-unsaturated/α-hetero) is 1. The van der Waals surface area contributed by atoms with Gasteiger partial charge in [0.1, 0.15) is 11.0 Å². The Hall–Kier alpha value is -0.910. The van der Waals surface area contributed by atoms with Crippen LogP contribution in [0.2, 0.25) is 0 Å². The molecule has 0 aliphatic heterocycles. The molecule has 0 bridgehead atoms. The van der Waals surface area contributed by atoms with Crippen LogP contribution in [0.25, 0.3) is 0 Å². The molecule has 0 spiro atoms. The Kier molecular flexibility index (Phi) is 2.70. The molecule has 74 valence electrons. The second-order valence-corrected chi connectivity index (χ2v) is 5.30. The maximum absolute atomic E-state index is 11.3. The van der Waals surface area contributed by atoms with Crippen molar-refractivity contribution in [1.29, 1.82) is 0 Å². The summed E-state index contributed by atoms with van der Waals surface area (Å²) in [4.78, 5) is 21.5. The van der Waals surface area contributed by atoms with E-state index in [0.29, 0.717) is 19.3 Å². The summed E-state index contributed by atoms with van der Waals surface area (Å²) >= 11 is 0. The van der Waals surface area contributed by atoms with Crippen molar-refractivity contribution in [2.24, 2.45) is 5.73 Å². The molecule has 1 fully saturated rings. The summed E-state index contributed by atoms with van der Waals surface area (Å²) < 4.78 is 22.7. The second kappa shape index (κ2) is 3.45. The van der Waals surface area contributed by atoms with Gasteiger partial charge >= 0.3 is 0 Å². The minimum atomic E-state index is -3.63. The van der Waals surface area contributed by atoms with Crippen LogP contribution in [0.1, 0.15) is 19.3 Å². The van der Waals surface area contributed by atoms with Gasteiger partial charge in [-0.3, -0.25) is 9.59 Å². The van der Waals surface area contributed by atoms with Gasteiger partial charge in [0.25, 0.3) is 0 Å². The molecular weight excluding hydrogens is 194 g/mol. The maximum atomic E-state index is 11.3. The molecule has 1 rings (SSSR count). The van der Waals surface area contributed by atoms with Crippen molar-refractivity contribution in [1.82, 2.24) is 0 Å². The summed E-state index contributed by atoms with van der Waals surface area (Å²) in [7, 11) is -3.63. The van der Waals surface area contributed by atoms with Gasteiger partial charge in [0.15, 0.2) is 15.6 Å². The van der Waals surface area contributed by atoms with E-state index in [9.17, 15) is 18.0 Å². The van der Waals surface area contributed by atoms with Gasteiger partial charge in [-0.1, -0.05) is 0 Å². The number of primary amides is 1. The van der Waals surface area contributed by atoms with E-state index in [1.54, 1.807) is 0 Å². The van der Waals surface area contributed by atoms with Crippen LogP contribution in [0.4, 0.5) is 0 Å². The molecule has 1 aliphatic rings. The van der Waals surface area contributed by atoms with E-state index < -0.39 is 26.7 Å². The van der Waals surface area contributed by atoms with Crippen molar-refractivity contribution < 1.29 is 18.0 Å². The normalized spacial score (nSPS) is 23.4. The van der Waals surface area contributed by atoms with Gasteiger partial charge < -0.3 is 5.73 Å². The van der Waals surface area contributed by atoms with Crippen molar-refractivity contribution in [2.75, 3.05) is 5.75 Å². The summed E-state index contributed by atoms with van der Waals surface area (Å²) in [6.45, 7) is 0. The Bertz CT molecular complexity index is 332. The van der Waals surface area contributed by atoms with E-state index in [4.69, 9.17) is 5.73 Å². The highest BCUT2D eigenvalue weighted by atomic mass is 32.2. The van der Waals surface area contributed by atoms with Gasteiger partial charge in [0.05, 0.1) is 0 Å². The summed E-state index contributed by atoms with van der Waals surface area (Å²) in [5, 5.41) is -0.986. The van der Waals surface area contributed by atoms with E-state index in [0.717, 1.165) is 0 Å². The number of hydrogen-bond donors (Lipinski definition) is 1. The summed E-state index contributed by atoms with van der Waals surface area (Å²) in [6, 6.07) is 0. The van der Waals surface area contributed by atoms with Gasteiger partial charge in [-0.15, -0.1) is 0 Å². The van der Waals surface area contributed by atoms with Crippen LogP contribution < -0.4 is 5.73 Å². The lowest BCUT2D eigenvalue weighted by Gasteiger charge is -2.06. The third-order valence-corrected chi connectivity index (χ3v) is 4.08. The average molecular weight is 205 g/mol. The predicted octanol–water partition coefficient (Wildman–Crippen LogP) is -0.992. The first-order valence-corrected chi connectivity index (χ1v) is 5.67. The molecule has 0 heterocycles. The monoisotopic (exact) mass is 205 g/mol. The van der Waals surface area contributed by atoms with E-state index in [1.165, 1.54) is 0 Å². The zero-order valence-corrected chi connectivity index (χ0v) is 7.84. The Labute approximate surface area is 76.2 Å². The van der Waals surface area contributed by atoms with E-state index in [-0.39, 0.29) is 5.78 Å². The van der Waals surface area contributed by atoms with Crippen molar-refractivity contribution in [3.63, 3.8) is 0 Å². The van der Waals surface area contributed by atoms with Crippen LogP contribution in [0.3, 0.4) is 0 Å². The van der Waals surface area contributed by atoms with Gasteiger partial charge in [-0.2, -0.15) is 0 Å². The van der Waals surface area contributed by atoms with Crippen LogP contribution in [0, 0.1) is 0 Å². The SMILES string of the molecule is NC(=O)CS(=O)(=O)C1CCCC1=O. The average Bonchev–Trinajstić information content (AvgIpc) is 2.32. The lowest BCUT2D eigenvalue weighted by atomic mass is 10.3. The molecule has 13 heavy (non-hydrogen) atoms. The van der Waals surface area contributed by atoms with E-state index in [1.807, 2.05) is 0 Å². The molecule has 1 amide bonds. The van der Waals surface area contributed by atoms with Crippen LogP contribution in [0.5, 0.6) is 0 Å². The number of sulfone groups is 1. The molecule has 0 aromatic carbocycles. The first-order valence-electron chi connectivity index (χ1n) is 3.96. The third kappa shape index (κ3) is 2.27. The van der Waals surface area contributed by atoms with Gasteiger partial charge in [0, 0.05) is 6.42 Å². The molecule has 0 aromatic heterocycles. The lowest BCUT2D eigenvalue weighted by Crippen LogP contribution is -2.33. The number of carbonyl (C=O) groups is 2. The Morgan fingerprint density at radius 2 is 2.15 bits per heavy atom. The zero-order valence-electron chi connectivity index (χ0n) is 7.02. The molecule has 0 radical (unpaired) electrons. The fraction of sp³-hybridized carbons (Fsp3) is 0.714. The molecule has 2 N–H and O–H groups in total. The molecule has 1 aliphatic carbocycles. The highest BCUT2D eigenvalue weighted by molar-refractivity contribution is 7.93.